The Hall–Kier alpha value is -1.12. The van der Waals surface area contributed by atoms with Gasteiger partial charge in [0.05, 0.1) is 0 Å². The SMILES string of the molecule is Cc1ccccc1NCCSCc1ccc(Cl)cc1. The van der Waals surface area contributed by atoms with Crippen molar-refractivity contribution in [2.75, 3.05) is 17.6 Å². The molecule has 0 unspecified atom stereocenters. The third-order valence-electron chi connectivity index (χ3n) is 2.89. The Morgan fingerprint density at radius 3 is 2.53 bits per heavy atom. The highest BCUT2D eigenvalue weighted by molar-refractivity contribution is 7.98. The molecule has 2 rings (SSSR count). The zero-order valence-corrected chi connectivity index (χ0v) is 12.6. The average molecular weight is 292 g/mol. The third-order valence-corrected chi connectivity index (χ3v) is 4.17. The Labute approximate surface area is 124 Å². The van der Waals surface area contributed by atoms with Crippen molar-refractivity contribution in [1.82, 2.24) is 0 Å². The third kappa shape index (κ3) is 4.81. The van der Waals surface area contributed by atoms with Crippen molar-refractivity contribution in [3.05, 3.63) is 64.7 Å². The summed E-state index contributed by atoms with van der Waals surface area (Å²) in [5.74, 6) is 2.13. The summed E-state index contributed by atoms with van der Waals surface area (Å²) >= 11 is 7.79. The van der Waals surface area contributed by atoms with Crippen LogP contribution in [-0.4, -0.2) is 12.3 Å². The number of nitrogens with one attached hydrogen (secondary N) is 1. The highest BCUT2D eigenvalue weighted by Gasteiger charge is 1.97. The van der Waals surface area contributed by atoms with E-state index in [2.05, 4.69) is 48.6 Å². The van der Waals surface area contributed by atoms with Crippen LogP contribution in [-0.2, 0) is 5.75 Å². The van der Waals surface area contributed by atoms with E-state index in [0.717, 1.165) is 23.1 Å². The largest absolute Gasteiger partial charge is 0.384 e. The van der Waals surface area contributed by atoms with Crippen molar-refractivity contribution in [2.24, 2.45) is 0 Å². The van der Waals surface area contributed by atoms with Crippen LogP contribution in [0.3, 0.4) is 0 Å². The maximum absolute atomic E-state index is 5.86. The van der Waals surface area contributed by atoms with Gasteiger partial charge in [-0.05, 0) is 36.2 Å². The average Bonchev–Trinajstić information content (AvgIpc) is 2.42. The summed E-state index contributed by atoms with van der Waals surface area (Å²) in [5.41, 5.74) is 3.85. The monoisotopic (exact) mass is 291 g/mol. The lowest BCUT2D eigenvalue weighted by atomic mass is 10.2. The van der Waals surface area contributed by atoms with Crippen molar-refractivity contribution in [3.8, 4) is 0 Å². The Balaban J connectivity index is 1.67. The Bertz CT molecular complexity index is 510. The zero-order valence-electron chi connectivity index (χ0n) is 11.0. The van der Waals surface area contributed by atoms with Crippen LogP contribution >= 0.6 is 23.4 Å². The number of aryl methyl sites for hydroxylation is 1. The summed E-state index contributed by atoms with van der Waals surface area (Å²) in [7, 11) is 0. The molecule has 0 saturated carbocycles. The summed E-state index contributed by atoms with van der Waals surface area (Å²) in [4.78, 5) is 0. The molecule has 0 heterocycles. The minimum atomic E-state index is 0.801. The van der Waals surface area contributed by atoms with Crippen LogP contribution in [0.4, 0.5) is 5.69 Å². The molecule has 100 valence electrons. The predicted molar refractivity (Wildman–Crippen MR) is 87.3 cm³/mol. The molecule has 0 aromatic heterocycles. The van der Waals surface area contributed by atoms with Gasteiger partial charge in [-0.1, -0.05) is 41.9 Å². The standard InChI is InChI=1S/C16H18ClNS/c1-13-4-2-3-5-16(13)18-10-11-19-12-14-6-8-15(17)9-7-14/h2-9,18H,10-12H2,1H3. The molecule has 0 amide bonds. The summed E-state index contributed by atoms with van der Waals surface area (Å²) in [5, 5.41) is 4.27. The van der Waals surface area contributed by atoms with Crippen molar-refractivity contribution >= 4 is 29.1 Å². The molecule has 3 heteroatoms. The quantitative estimate of drug-likeness (QED) is 0.752. The Morgan fingerprint density at radius 1 is 1.05 bits per heavy atom. The molecule has 19 heavy (non-hydrogen) atoms. The van der Waals surface area contributed by atoms with E-state index >= 15 is 0 Å². The molecule has 0 spiro atoms. The molecule has 0 aliphatic rings. The van der Waals surface area contributed by atoms with Gasteiger partial charge in [0.15, 0.2) is 0 Å². The highest BCUT2D eigenvalue weighted by atomic mass is 35.5. The molecule has 1 nitrogen and oxygen atoms in total. The first kappa shape index (κ1) is 14.3. The first-order valence-corrected chi connectivity index (χ1v) is 7.90. The fourth-order valence-electron chi connectivity index (χ4n) is 1.80. The van der Waals surface area contributed by atoms with Gasteiger partial charge in [0.25, 0.3) is 0 Å². The van der Waals surface area contributed by atoms with E-state index in [1.54, 1.807) is 0 Å². The first-order chi connectivity index (χ1) is 9.25. The van der Waals surface area contributed by atoms with E-state index in [4.69, 9.17) is 11.6 Å². The Kier molecular flexibility index (Phi) is 5.62. The van der Waals surface area contributed by atoms with Crippen LogP contribution in [0, 0.1) is 6.92 Å². The van der Waals surface area contributed by atoms with E-state index in [0.29, 0.717) is 0 Å². The molecule has 0 aliphatic carbocycles. The minimum Gasteiger partial charge on any atom is -0.384 e. The Morgan fingerprint density at radius 2 is 1.79 bits per heavy atom. The number of thioether (sulfide) groups is 1. The van der Waals surface area contributed by atoms with Gasteiger partial charge >= 0.3 is 0 Å². The molecule has 0 bridgehead atoms. The molecule has 0 aliphatic heterocycles. The molecule has 0 fully saturated rings. The van der Waals surface area contributed by atoms with Crippen LogP contribution in [0.25, 0.3) is 0 Å². The lowest BCUT2D eigenvalue weighted by Crippen LogP contribution is -2.05. The van der Waals surface area contributed by atoms with Gasteiger partial charge < -0.3 is 5.32 Å². The van der Waals surface area contributed by atoms with Crippen molar-refractivity contribution < 1.29 is 0 Å². The van der Waals surface area contributed by atoms with Crippen LogP contribution in [0.1, 0.15) is 11.1 Å². The van der Waals surface area contributed by atoms with Gasteiger partial charge in [0.1, 0.15) is 0 Å². The fraction of sp³-hybridized carbons (Fsp3) is 0.250. The lowest BCUT2D eigenvalue weighted by molar-refractivity contribution is 1.21. The second-order valence-corrected chi connectivity index (χ2v) is 5.96. The maximum atomic E-state index is 5.86. The topological polar surface area (TPSA) is 12.0 Å². The molecular formula is C16H18ClNS. The summed E-state index contributed by atoms with van der Waals surface area (Å²) in [6, 6.07) is 16.5. The number of anilines is 1. The highest BCUT2D eigenvalue weighted by Crippen LogP contribution is 2.16. The first-order valence-electron chi connectivity index (χ1n) is 6.37. The lowest BCUT2D eigenvalue weighted by Gasteiger charge is -2.09. The normalized spacial score (nSPS) is 10.4. The van der Waals surface area contributed by atoms with Gasteiger partial charge in [-0.2, -0.15) is 11.8 Å². The van der Waals surface area contributed by atoms with Gasteiger partial charge in [0.2, 0.25) is 0 Å². The molecule has 0 atom stereocenters. The summed E-state index contributed by atoms with van der Waals surface area (Å²) in [6.45, 7) is 3.12. The molecular weight excluding hydrogens is 274 g/mol. The van der Waals surface area contributed by atoms with Crippen LogP contribution < -0.4 is 5.32 Å². The van der Waals surface area contributed by atoms with Gasteiger partial charge in [0, 0.05) is 28.8 Å². The number of halogens is 1. The number of para-hydroxylation sites is 1. The molecule has 2 aromatic carbocycles. The number of rotatable bonds is 6. The van der Waals surface area contributed by atoms with E-state index in [1.165, 1.54) is 16.8 Å². The number of hydrogen-bond acceptors (Lipinski definition) is 2. The van der Waals surface area contributed by atoms with Crippen molar-refractivity contribution in [3.63, 3.8) is 0 Å². The van der Waals surface area contributed by atoms with Crippen molar-refractivity contribution in [1.29, 1.82) is 0 Å². The van der Waals surface area contributed by atoms with E-state index < -0.39 is 0 Å². The molecule has 0 radical (unpaired) electrons. The molecule has 1 N–H and O–H groups in total. The van der Waals surface area contributed by atoms with Crippen LogP contribution in [0.5, 0.6) is 0 Å². The maximum Gasteiger partial charge on any atom is 0.0406 e. The fourth-order valence-corrected chi connectivity index (χ4v) is 2.74. The smallest absolute Gasteiger partial charge is 0.0406 e. The minimum absolute atomic E-state index is 0.801. The van der Waals surface area contributed by atoms with Gasteiger partial charge in [-0.25, -0.2) is 0 Å². The number of hydrogen-bond donors (Lipinski definition) is 1. The van der Waals surface area contributed by atoms with Gasteiger partial charge in [-0.15, -0.1) is 0 Å². The second kappa shape index (κ2) is 7.46. The van der Waals surface area contributed by atoms with E-state index in [1.807, 2.05) is 23.9 Å². The van der Waals surface area contributed by atoms with E-state index in [9.17, 15) is 0 Å². The molecule has 2 aromatic rings. The van der Waals surface area contributed by atoms with Crippen LogP contribution in [0.2, 0.25) is 5.02 Å². The summed E-state index contributed by atoms with van der Waals surface area (Å²) in [6.07, 6.45) is 0. The number of benzene rings is 2. The second-order valence-electron chi connectivity index (χ2n) is 4.42. The van der Waals surface area contributed by atoms with Gasteiger partial charge in [-0.3, -0.25) is 0 Å². The van der Waals surface area contributed by atoms with Crippen LogP contribution in [0.15, 0.2) is 48.5 Å². The predicted octanol–water partition coefficient (Wildman–Crippen LogP) is 4.99. The van der Waals surface area contributed by atoms with Crippen molar-refractivity contribution in [2.45, 2.75) is 12.7 Å². The van der Waals surface area contributed by atoms with E-state index in [-0.39, 0.29) is 0 Å². The molecule has 0 saturated heterocycles. The zero-order chi connectivity index (χ0) is 13.5. The summed E-state index contributed by atoms with van der Waals surface area (Å²) < 4.78 is 0.